The maximum absolute atomic E-state index is 13.1. The summed E-state index contributed by atoms with van der Waals surface area (Å²) in [5.41, 5.74) is 2.62. The monoisotopic (exact) mass is 375 g/mol. The predicted octanol–water partition coefficient (Wildman–Crippen LogP) is 4.40. The van der Waals surface area contributed by atoms with Gasteiger partial charge < -0.3 is 15.2 Å². The van der Waals surface area contributed by atoms with Gasteiger partial charge in [-0.2, -0.15) is 13.2 Å². The van der Waals surface area contributed by atoms with E-state index in [0.29, 0.717) is 11.3 Å². The van der Waals surface area contributed by atoms with Crippen LogP contribution in [-0.4, -0.2) is 28.9 Å². The normalized spacial score (nSPS) is 15.3. The molecule has 4 nitrogen and oxygen atoms in total. The molecule has 7 heteroatoms. The Kier molecular flexibility index (Phi) is 6.40. The van der Waals surface area contributed by atoms with Gasteiger partial charge >= 0.3 is 12.1 Å². The molecule has 1 atom stereocenters. The fourth-order valence-electron chi connectivity index (χ4n) is 2.36. The summed E-state index contributed by atoms with van der Waals surface area (Å²) in [7, 11) is 0. The Labute approximate surface area is 152 Å². The van der Waals surface area contributed by atoms with Gasteiger partial charge in [-0.25, -0.2) is 0 Å². The molecule has 0 unspecified atom stereocenters. The molecule has 0 amide bonds. The molecule has 0 fully saturated rings. The summed E-state index contributed by atoms with van der Waals surface area (Å²) in [6, 6.07) is 6.61. The van der Waals surface area contributed by atoms with Crippen LogP contribution in [0.4, 0.5) is 13.2 Å². The number of hydrogen-bond acceptors (Lipinski definition) is 4. The molecule has 0 saturated heterocycles. The Hall–Kier alpha value is -1.76. The number of hydrogen-bond donors (Lipinski definition) is 1. The third kappa shape index (κ3) is 7.64. The summed E-state index contributed by atoms with van der Waals surface area (Å²) in [5.74, 6) is -0.701. The fraction of sp³-hybridized carbons (Fsp3) is 0.632. The molecular weight excluding hydrogens is 347 g/mol. The van der Waals surface area contributed by atoms with Gasteiger partial charge in [0.15, 0.2) is 0 Å². The number of ether oxygens (including phenoxy) is 2. The van der Waals surface area contributed by atoms with Crippen LogP contribution in [-0.2, 0) is 16.0 Å². The molecule has 1 aromatic carbocycles. The van der Waals surface area contributed by atoms with Gasteiger partial charge in [0, 0.05) is 6.42 Å². The number of benzene rings is 1. The van der Waals surface area contributed by atoms with E-state index in [4.69, 9.17) is 15.2 Å². The Balaban J connectivity index is 3.24. The van der Waals surface area contributed by atoms with Crippen LogP contribution in [0.25, 0.3) is 0 Å². The zero-order valence-corrected chi connectivity index (χ0v) is 16.2. The summed E-state index contributed by atoms with van der Waals surface area (Å²) in [4.78, 5) is 12.5. The van der Waals surface area contributed by atoms with Crippen molar-refractivity contribution in [3.05, 3.63) is 29.8 Å². The Morgan fingerprint density at radius 1 is 1.00 bits per heavy atom. The van der Waals surface area contributed by atoms with Gasteiger partial charge in [0.05, 0.1) is 6.42 Å². The van der Waals surface area contributed by atoms with Crippen LogP contribution < -0.4 is 10.5 Å². The zero-order chi connectivity index (χ0) is 20.4. The van der Waals surface area contributed by atoms with Crippen LogP contribution in [0.15, 0.2) is 24.3 Å². The van der Waals surface area contributed by atoms with Crippen molar-refractivity contribution in [3.63, 3.8) is 0 Å². The standard InChI is InChI=1S/C19H28F3NO3/c1-16(2,3)25-14-10-8-7-9-13(14)11-18(23,12-19(20,21)22)15(24)26-17(4,5)6/h7-10H,11-12,23H2,1-6H3/t18-/m1/s1. The minimum atomic E-state index is -4.62. The van der Waals surface area contributed by atoms with E-state index in [-0.39, 0.29) is 6.42 Å². The summed E-state index contributed by atoms with van der Waals surface area (Å²) in [6.07, 6.45) is -6.46. The molecule has 0 aliphatic carbocycles. The molecule has 0 aliphatic heterocycles. The summed E-state index contributed by atoms with van der Waals surface area (Å²) in [6.45, 7) is 10.2. The number of halogens is 3. The number of rotatable bonds is 5. The quantitative estimate of drug-likeness (QED) is 0.775. The topological polar surface area (TPSA) is 61.5 Å². The van der Waals surface area contributed by atoms with Gasteiger partial charge in [0.1, 0.15) is 22.5 Å². The summed E-state index contributed by atoms with van der Waals surface area (Å²) >= 11 is 0. The Bertz CT molecular complexity index is 630. The van der Waals surface area contributed by atoms with E-state index in [1.54, 1.807) is 45.0 Å². The lowest BCUT2D eigenvalue weighted by Gasteiger charge is -2.33. The number of alkyl halides is 3. The molecule has 148 valence electrons. The van der Waals surface area contributed by atoms with Crippen molar-refractivity contribution in [2.45, 2.75) is 77.3 Å². The van der Waals surface area contributed by atoms with E-state index in [1.165, 1.54) is 0 Å². The number of para-hydroxylation sites is 1. The van der Waals surface area contributed by atoms with Crippen LogP contribution in [0.2, 0.25) is 0 Å². The second-order valence-corrected chi connectivity index (χ2v) is 8.45. The summed E-state index contributed by atoms with van der Waals surface area (Å²) in [5, 5.41) is 0. The van der Waals surface area contributed by atoms with Crippen molar-refractivity contribution in [2.75, 3.05) is 0 Å². The first kappa shape index (κ1) is 22.3. The minimum absolute atomic E-state index is 0.353. The first-order valence-corrected chi connectivity index (χ1v) is 8.37. The molecular formula is C19H28F3NO3. The van der Waals surface area contributed by atoms with Crippen molar-refractivity contribution in [2.24, 2.45) is 5.73 Å². The third-order valence-corrected chi connectivity index (χ3v) is 3.22. The van der Waals surface area contributed by atoms with E-state index < -0.39 is 35.3 Å². The zero-order valence-electron chi connectivity index (χ0n) is 16.2. The highest BCUT2D eigenvalue weighted by Crippen LogP contribution is 2.33. The molecule has 26 heavy (non-hydrogen) atoms. The second-order valence-electron chi connectivity index (χ2n) is 8.45. The van der Waals surface area contributed by atoms with Gasteiger partial charge in [0.25, 0.3) is 0 Å². The number of carbonyl (C=O) groups excluding carboxylic acids is 1. The molecule has 0 saturated carbocycles. The molecule has 0 heterocycles. The van der Waals surface area contributed by atoms with Gasteiger partial charge in [0.2, 0.25) is 0 Å². The summed E-state index contributed by atoms with van der Waals surface area (Å²) < 4.78 is 50.3. The lowest BCUT2D eigenvalue weighted by molar-refractivity contribution is -0.179. The van der Waals surface area contributed by atoms with Gasteiger partial charge in [-0.15, -0.1) is 0 Å². The van der Waals surface area contributed by atoms with Crippen molar-refractivity contribution >= 4 is 5.97 Å². The SMILES string of the molecule is CC(C)(C)OC(=O)[C@@](N)(Cc1ccccc1OC(C)(C)C)CC(F)(F)F. The molecule has 0 aromatic heterocycles. The number of carbonyl (C=O) groups is 1. The van der Waals surface area contributed by atoms with E-state index >= 15 is 0 Å². The van der Waals surface area contributed by atoms with Gasteiger partial charge in [-0.3, -0.25) is 4.79 Å². The highest BCUT2D eigenvalue weighted by Gasteiger charge is 2.47. The van der Waals surface area contributed by atoms with E-state index in [1.807, 2.05) is 20.8 Å². The second kappa shape index (κ2) is 7.47. The largest absolute Gasteiger partial charge is 0.488 e. The predicted molar refractivity (Wildman–Crippen MR) is 94.0 cm³/mol. The fourth-order valence-corrected chi connectivity index (χ4v) is 2.36. The lowest BCUT2D eigenvalue weighted by Crippen LogP contribution is -2.55. The van der Waals surface area contributed by atoms with Crippen LogP contribution >= 0.6 is 0 Å². The maximum atomic E-state index is 13.1. The van der Waals surface area contributed by atoms with Gasteiger partial charge in [-0.05, 0) is 53.2 Å². The molecule has 2 N–H and O–H groups in total. The van der Waals surface area contributed by atoms with Crippen molar-refractivity contribution in [1.82, 2.24) is 0 Å². The van der Waals surface area contributed by atoms with Crippen molar-refractivity contribution in [1.29, 1.82) is 0 Å². The van der Waals surface area contributed by atoms with Crippen LogP contribution in [0.5, 0.6) is 5.75 Å². The molecule has 0 aliphatic rings. The lowest BCUT2D eigenvalue weighted by atomic mass is 9.87. The molecule has 0 bridgehead atoms. The first-order chi connectivity index (χ1) is 11.5. The van der Waals surface area contributed by atoms with Crippen molar-refractivity contribution in [3.8, 4) is 5.75 Å². The molecule has 0 radical (unpaired) electrons. The van der Waals surface area contributed by atoms with Crippen LogP contribution in [0.3, 0.4) is 0 Å². The number of nitrogens with two attached hydrogens (primary N) is 1. The maximum Gasteiger partial charge on any atom is 0.391 e. The number of esters is 1. The first-order valence-electron chi connectivity index (χ1n) is 8.37. The van der Waals surface area contributed by atoms with E-state index in [0.717, 1.165) is 0 Å². The molecule has 1 rings (SSSR count). The highest BCUT2D eigenvalue weighted by molar-refractivity contribution is 5.81. The van der Waals surface area contributed by atoms with Crippen LogP contribution in [0.1, 0.15) is 53.5 Å². The van der Waals surface area contributed by atoms with Crippen molar-refractivity contribution < 1.29 is 27.4 Å². The Morgan fingerprint density at radius 3 is 2.00 bits per heavy atom. The molecule has 0 spiro atoms. The minimum Gasteiger partial charge on any atom is -0.488 e. The van der Waals surface area contributed by atoms with E-state index in [2.05, 4.69) is 0 Å². The third-order valence-electron chi connectivity index (χ3n) is 3.22. The van der Waals surface area contributed by atoms with E-state index in [9.17, 15) is 18.0 Å². The average Bonchev–Trinajstić information content (AvgIpc) is 2.35. The smallest absolute Gasteiger partial charge is 0.391 e. The Morgan fingerprint density at radius 2 is 1.54 bits per heavy atom. The molecule has 1 aromatic rings. The highest BCUT2D eigenvalue weighted by atomic mass is 19.4. The van der Waals surface area contributed by atoms with Gasteiger partial charge in [-0.1, -0.05) is 18.2 Å². The average molecular weight is 375 g/mol. The van der Waals surface area contributed by atoms with Crippen LogP contribution in [0, 0.1) is 0 Å².